The van der Waals surface area contributed by atoms with Crippen LogP contribution in [0.5, 0.6) is 0 Å². The molecule has 1 aromatic carbocycles. The summed E-state index contributed by atoms with van der Waals surface area (Å²) >= 11 is 5.89. The third kappa shape index (κ3) is 3.89. The van der Waals surface area contributed by atoms with Gasteiger partial charge in [0.2, 0.25) is 0 Å². The number of benzene rings is 1. The molecule has 4 nitrogen and oxygen atoms in total. The number of carbonyl (C=O) groups is 1. The lowest BCUT2D eigenvalue weighted by Crippen LogP contribution is -2.38. The summed E-state index contributed by atoms with van der Waals surface area (Å²) in [6, 6.07) is 5.02. The summed E-state index contributed by atoms with van der Waals surface area (Å²) in [5.74, 6) is -0.217. The van der Waals surface area contributed by atoms with Gasteiger partial charge in [-0.05, 0) is 18.6 Å². The molecule has 0 aliphatic rings. The van der Waals surface area contributed by atoms with Crippen molar-refractivity contribution in [1.82, 2.24) is 5.32 Å². The van der Waals surface area contributed by atoms with Crippen molar-refractivity contribution in [3.05, 3.63) is 28.8 Å². The molecule has 1 unspecified atom stereocenters. The first-order valence-electron chi connectivity index (χ1n) is 5.94. The van der Waals surface area contributed by atoms with E-state index in [2.05, 4.69) is 12.2 Å². The van der Waals surface area contributed by atoms with Gasteiger partial charge in [-0.25, -0.2) is 0 Å². The van der Waals surface area contributed by atoms with Gasteiger partial charge in [-0.15, -0.1) is 0 Å². The third-order valence-corrected chi connectivity index (χ3v) is 2.97. The second-order valence-electron chi connectivity index (χ2n) is 4.12. The number of hydrogen-bond donors (Lipinski definition) is 2. The van der Waals surface area contributed by atoms with Crippen LogP contribution in [-0.2, 0) is 4.74 Å². The zero-order chi connectivity index (χ0) is 13.5. The topological polar surface area (TPSA) is 64.3 Å². The number of para-hydroxylation sites is 1. The van der Waals surface area contributed by atoms with Crippen LogP contribution in [0.2, 0.25) is 5.02 Å². The lowest BCUT2D eigenvalue weighted by atomic mass is 10.1. The van der Waals surface area contributed by atoms with Crippen molar-refractivity contribution in [3.63, 3.8) is 0 Å². The Kier molecular flexibility index (Phi) is 5.95. The summed E-state index contributed by atoms with van der Waals surface area (Å²) in [4.78, 5) is 12.1. The van der Waals surface area contributed by atoms with Crippen molar-refractivity contribution in [2.75, 3.05) is 19.5 Å². The fourth-order valence-corrected chi connectivity index (χ4v) is 1.92. The molecule has 3 N–H and O–H groups in total. The summed E-state index contributed by atoms with van der Waals surface area (Å²) in [6.45, 7) is 2.54. The monoisotopic (exact) mass is 270 g/mol. The smallest absolute Gasteiger partial charge is 0.253 e. The molecule has 18 heavy (non-hydrogen) atoms. The molecule has 0 saturated carbocycles. The van der Waals surface area contributed by atoms with Crippen LogP contribution >= 0.6 is 11.6 Å². The van der Waals surface area contributed by atoms with Crippen molar-refractivity contribution < 1.29 is 9.53 Å². The van der Waals surface area contributed by atoms with E-state index in [1.165, 1.54) is 0 Å². The lowest BCUT2D eigenvalue weighted by molar-refractivity contribution is 0.0892. The zero-order valence-corrected chi connectivity index (χ0v) is 11.5. The van der Waals surface area contributed by atoms with E-state index in [9.17, 15) is 4.79 Å². The molecular formula is C13H19ClN2O2. The highest BCUT2D eigenvalue weighted by Crippen LogP contribution is 2.22. The van der Waals surface area contributed by atoms with Crippen molar-refractivity contribution in [1.29, 1.82) is 0 Å². The highest BCUT2D eigenvalue weighted by Gasteiger charge is 2.16. The van der Waals surface area contributed by atoms with Crippen molar-refractivity contribution in [2.24, 2.45) is 0 Å². The molecular weight excluding hydrogens is 252 g/mol. The maximum atomic E-state index is 12.1. The predicted molar refractivity (Wildman–Crippen MR) is 73.9 cm³/mol. The van der Waals surface area contributed by atoms with Gasteiger partial charge in [-0.1, -0.05) is 31.0 Å². The Morgan fingerprint density at radius 1 is 1.56 bits per heavy atom. The molecule has 1 rings (SSSR count). The Morgan fingerprint density at radius 3 is 2.89 bits per heavy atom. The van der Waals surface area contributed by atoms with Crippen LogP contribution in [0, 0.1) is 0 Å². The number of hydrogen-bond acceptors (Lipinski definition) is 3. The van der Waals surface area contributed by atoms with E-state index in [0.29, 0.717) is 22.9 Å². The lowest BCUT2D eigenvalue weighted by Gasteiger charge is -2.18. The summed E-state index contributed by atoms with van der Waals surface area (Å²) in [5.41, 5.74) is 6.50. The van der Waals surface area contributed by atoms with E-state index in [-0.39, 0.29) is 11.9 Å². The highest BCUT2D eigenvalue weighted by molar-refractivity contribution is 6.33. The first-order chi connectivity index (χ1) is 8.60. The van der Waals surface area contributed by atoms with Gasteiger partial charge >= 0.3 is 0 Å². The SMILES string of the molecule is CCCC(COC)NC(=O)c1cccc(Cl)c1N. The second kappa shape index (κ2) is 7.24. The zero-order valence-electron chi connectivity index (χ0n) is 10.7. The molecule has 1 aromatic rings. The Bertz CT molecular complexity index is 404. The molecule has 0 radical (unpaired) electrons. The molecule has 0 spiro atoms. The summed E-state index contributed by atoms with van der Waals surface area (Å²) < 4.78 is 5.08. The average Bonchev–Trinajstić information content (AvgIpc) is 2.33. The van der Waals surface area contributed by atoms with Gasteiger partial charge in [0.05, 0.1) is 28.9 Å². The Labute approximate surface area is 112 Å². The summed E-state index contributed by atoms with van der Waals surface area (Å²) in [5, 5.41) is 3.29. The molecule has 100 valence electrons. The van der Waals surface area contributed by atoms with Crippen LogP contribution in [-0.4, -0.2) is 25.7 Å². The van der Waals surface area contributed by atoms with Crippen LogP contribution < -0.4 is 11.1 Å². The molecule has 0 aliphatic heterocycles. The molecule has 0 bridgehead atoms. The van der Waals surface area contributed by atoms with E-state index in [0.717, 1.165) is 12.8 Å². The Balaban J connectivity index is 2.77. The van der Waals surface area contributed by atoms with Gasteiger partial charge in [0.15, 0.2) is 0 Å². The van der Waals surface area contributed by atoms with Gasteiger partial charge < -0.3 is 15.8 Å². The molecule has 1 amide bonds. The quantitative estimate of drug-likeness (QED) is 0.781. The molecule has 0 fully saturated rings. The summed E-state index contributed by atoms with van der Waals surface area (Å²) in [6.07, 6.45) is 1.83. The number of rotatable bonds is 6. The van der Waals surface area contributed by atoms with Gasteiger partial charge in [-0.3, -0.25) is 4.79 Å². The van der Waals surface area contributed by atoms with E-state index in [1.54, 1.807) is 25.3 Å². The number of ether oxygens (including phenoxy) is 1. The highest BCUT2D eigenvalue weighted by atomic mass is 35.5. The molecule has 0 heterocycles. The van der Waals surface area contributed by atoms with Crippen molar-refractivity contribution in [3.8, 4) is 0 Å². The minimum atomic E-state index is -0.217. The van der Waals surface area contributed by atoms with Gasteiger partial charge in [-0.2, -0.15) is 0 Å². The van der Waals surface area contributed by atoms with E-state index in [1.807, 2.05) is 0 Å². The fraction of sp³-hybridized carbons (Fsp3) is 0.462. The maximum absolute atomic E-state index is 12.1. The molecule has 0 saturated heterocycles. The number of methoxy groups -OCH3 is 1. The van der Waals surface area contributed by atoms with E-state index < -0.39 is 0 Å². The fourth-order valence-electron chi connectivity index (χ4n) is 1.74. The number of halogens is 1. The Hall–Kier alpha value is -1.26. The number of amides is 1. The Morgan fingerprint density at radius 2 is 2.28 bits per heavy atom. The number of carbonyl (C=O) groups excluding carboxylic acids is 1. The molecule has 1 atom stereocenters. The summed E-state index contributed by atoms with van der Waals surface area (Å²) in [7, 11) is 1.61. The van der Waals surface area contributed by atoms with Crippen LogP contribution in [0.4, 0.5) is 5.69 Å². The van der Waals surface area contributed by atoms with Crippen molar-refractivity contribution in [2.45, 2.75) is 25.8 Å². The third-order valence-electron chi connectivity index (χ3n) is 2.64. The van der Waals surface area contributed by atoms with E-state index in [4.69, 9.17) is 22.1 Å². The number of nitrogen functional groups attached to an aromatic ring is 1. The van der Waals surface area contributed by atoms with Crippen LogP contribution in [0.25, 0.3) is 0 Å². The maximum Gasteiger partial charge on any atom is 0.253 e. The average molecular weight is 271 g/mol. The van der Waals surface area contributed by atoms with Gasteiger partial charge in [0.25, 0.3) is 5.91 Å². The number of nitrogens with one attached hydrogen (secondary N) is 1. The standard InChI is InChI=1S/C13H19ClN2O2/c1-3-5-9(8-18-2)16-13(17)10-6-4-7-11(14)12(10)15/h4,6-7,9H,3,5,8,15H2,1-2H3,(H,16,17). The molecule has 5 heteroatoms. The predicted octanol–water partition coefficient (Wildman–Crippen LogP) is 2.47. The largest absolute Gasteiger partial charge is 0.397 e. The van der Waals surface area contributed by atoms with Crippen LogP contribution in [0.3, 0.4) is 0 Å². The minimum Gasteiger partial charge on any atom is -0.397 e. The molecule has 0 aromatic heterocycles. The first-order valence-corrected chi connectivity index (χ1v) is 6.31. The second-order valence-corrected chi connectivity index (χ2v) is 4.52. The van der Waals surface area contributed by atoms with Gasteiger partial charge in [0.1, 0.15) is 0 Å². The number of nitrogens with two attached hydrogens (primary N) is 1. The number of anilines is 1. The van der Waals surface area contributed by atoms with E-state index >= 15 is 0 Å². The minimum absolute atomic E-state index is 0.00844. The van der Waals surface area contributed by atoms with Crippen molar-refractivity contribution >= 4 is 23.2 Å². The van der Waals surface area contributed by atoms with Crippen LogP contribution in [0.1, 0.15) is 30.1 Å². The first kappa shape index (κ1) is 14.8. The normalized spacial score (nSPS) is 12.2. The van der Waals surface area contributed by atoms with Crippen LogP contribution in [0.15, 0.2) is 18.2 Å². The molecule has 0 aliphatic carbocycles. The van der Waals surface area contributed by atoms with Gasteiger partial charge in [0, 0.05) is 7.11 Å².